The number of nitrogens with one attached hydrogen (secondary N) is 1. The molecule has 2 heterocycles. The number of aromatic amines is 1. The molecule has 0 amide bonds. The second-order valence-corrected chi connectivity index (χ2v) is 7.33. The fraction of sp³-hybridized carbons (Fsp3) is 0.615. The molecular formula is C13H18N2O9S. The predicted octanol–water partition coefficient (Wildman–Crippen LogP) is -2.60. The van der Waals surface area contributed by atoms with E-state index in [1.165, 1.54) is 6.92 Å². The van der Waals surface area contributed by atoms with Crippen molar-refractivity contribution < 1.29 is 32.3 Å². The van der Waals surface area contributed by atoms with Gasteiger partial charge in [0.25, 0.3) is 15.7 Å². The van der Waals surface area contributed by atoms with Crippen LogP contribution in [0.25, 0.3) is 0 Å². The molecule has 1 fully saturated rings. The number of ether oxygens (including phenoxy) is 1. The second-order valence-electron chi connectivity index (χ2n) is 5.76. The molecule has 3 N–H and O–H groups in total. The number of rotatable bonds is 5. The second kappa shape index (κ2) is 6.46. The van der Waals surface area contributed by atoms with E-state index in [-0.39, 0.29) is 5.56 Å². The van der Waals surface area contributed by atoms with Crippen molar-refractivity contribution in [2.24, 2.45) is 0 Å². The Hall–Kier alpha value is -1.86. The van der Waals surface area contributed by atoms with Crippen LogP contribution in [0.4, 0.5) is 0 Å². The summed E-state index contributed by atoms with van der Waals surface area (Å²) in [7, 11) is -4.23. The van der Waals surface area contributed by atoms with Gasteiger partial charge in [0, 0.05) is 11.8 Å². The summed E-state index contributed by atoms with van der Waals surface area (Å²) in [4.78, 5) is 37.6. The van der Waals surface area contributed by atoms with E-state index in [9.17, 15) is 33.0 Å². The fourth-order valence-electron chi connectivity index (χ4n) is 2.76. The van der Waals surface area contributed by atoms with Gasteiger partial charge in [0.15, 0.2) is 12.0 Å². The minimum absolute atomic E-state index is 0.111. The summed E-state index contributed by atoms with van der Waals surface area (Å²) in [5, 5.41) is 20.1. The number of aliphatic hydroxyl groups is 2. The molecule has 140 valence electrons. The molecule has 1 unspecified atom stereocenters. The largest absolute Gasteiger partial charge is 0.394 e. The van der Waals surface area contributed by atoms with Crippen molar-refractivity contribution in [3.8, 4) is 0 Å². The van der Waals surface area contributed by atoms with Crippen molar-refractivity contribution >= 4 is 15.9 Å². The first kappa shape index (κ1) is 19.5. The molecule has 0 aromatic carbocycles. The maximum Gasteiger partial charge on any atom is 0.330 e. The molecule has 0 saturated carbocycles. The molecule has 1 saturated heterocycles. The molecule has 0 bridgehead atoms. The van der Waals surface area contributed by atoms with Gasteiger partial charge in [-0.25, -0.2) is 8.98 Å². The standard InChI is InChI=1S/C13H18N2O9S/c1-6-4-15(12(20)14-10(6)19)11-9(18)13(7(2)17,8(5-16)23-11)24-25(3,21)22/h4,8-9,11,16,18H,5H2,1-3H3,(H,14,19,20)/t8-,9+,11-,13?/m1/s1. The van der Waals surface area contributed by atoms with Crippen LogP contribution in [0.2, 0.25) is 0 Å². The molecule has 0 aliphatic carbocycles. The van der Waals surface area contributed by atoms with E-state index < -0.39 is 57.8 Å². The van der Waals surface area contributed by atoms with Crippen LogP contribution in [0, 0.1) is 6.92 Å². The van der Waals surface area contributed by atoms with Crippen molar-refractivity contribution in [1.82, 2.24) is 9.55 Å². The number of ketones is 1. The molecule has 1 aromatic rings. The quantitative estimate of drug-likeness (QED) is 0.466. The molecule has 11 nitrogen and oxygen atoms in total. The first-order chi connectivity index (χ1) is 11.4. The zero-order chi connectivity index (χ0) is 19.2. The summed E-state index contributed by atoms with van der Waals surface area (Å²) in [6, 6.07) is 0. The van der Waals surface area contributed by atoms with Gasteiger partial charge in [-0.1, -0.05) is 0 Å². The lowest BCUT2D eigenvalue weighted by molar-refractivity contribution is -0.145. The number of hydrogen-bond acceptors (Lipinski definition) is 9. The van der Waals surface area contributed by atoms with E-state index >= 15 is 0 Å². The Labute approximate surface area is 141 Å². The number of aryl methyl sites for hydroxylation is 1. The van der Waals surface area contributed by atoms with E-state index in [2.05, 4.69) is 0 Å². The minimum Gasteiger partial charge on any atom is -0.394 e. The molecule has 1 aromatic heterocycles. The summed E-state index contributed by atoms with van der Waals surface area (Å²) in [5.41, 5.74) is -3.93. The van der Waals surface area contributed by atoms with Gasteiger partial charge < -0.3 is 14.9 Å². The molecular weight excluding hydrogens is 360 g/mol. The number of carbonyl (C=O) groups excluding carboxylic acids is 1. The Bertz CT molecular complexity index is 903. The van der Waals surface area contributed by atoms with Crippen molar-refractivity contribution in [3.63, 3.8) is 0 Å². The van der Waals surface area contributed by atoms with E-state index in [1.807, 2.05) is 4.98 Å². The van der Waals surface area contributed by atoms with Gasteiger partial charge in [-0.2, -0.15) is 8.42 Å². The number of Topliss-reactive ketones (excluding diaryl/α,β-unsaturated/α-hetero) is 1. The Kier molecular flexibility index (Phi) is 5.03. The zero-order valence-electron chi connectivity index (χ0n) is 13.6. The van der Waals surface area contributed by atoms with Crippen molar-refractivity contribution in [2.75, 3.05) is 12.9 Å². The lowest BCUT2D eigenvalue weighted by Crippen LogP contribution is -2.57. The predicted molar refractivity (Wildman–Crippen MR) is 82.4 cm³/mol. The highest BCUT2D eigenvalue weighted by atomic mass is 32.2. The Morgan fingerprint density at radius 1 is 1.48 bits per heavy atom. The van der Waals surface area contributed by atoms with Gasteiger partial charge in [-0.3, -0.25) is 19.1 Å². The molecule has 2 rings (SSSR count). The highest BCUT2D eigenvalue weighted by Crippen LogP contribution is 2.40. The van der Waals surface area contributed by atoms with Gasteiger partial charge in [0.1, 0.15) is 12.2 Å². The smallest absolute Gasteiger partial charge is 0.330 e. The summed E-state index contributed by atoms with van der Waals surface area (Å²) in [6.07, 6.45) is -3.31. The van der Waals surface area contributed by atoms with Crippen LogP contribution in [0.3, 0.4) is 0 Å². The van der Waals surface area contributed by atoms with Crippen LogP contribution < -0.4 is 11.2 Å². The number of hydrogen-bond donors (Lipinski definition) is 3. The molecule has 0 spiro atoms. The summed E-state index contributed by atoms with van der Waals surface area (Å²) >= 11 is 0. The first-order valence-corrected chi connectivity index (χ1v) is 8.93. The summed E-state index contributed by atoms with van der Waals surface area (Å²) < 4.78 is 34.1. The monoisotopic (exact) mass is 378 g/mol. The number of aliphatic hydroxyl groups excluding tert-OH is 2. The fourth-order valence-corrected chi connectivity index (χ4v) is 3.59. The maximum absolute atomic E-state index is 12.1. The highest BCUT2D eigenvalue weighted by molar-refractivity contribution is 7.86. The lowest BCUT2D eigenvalue weighted by atomic mass is 9.88. The normalized spacial score (nSPS) is 29.7. The average molecular weight is 378 g/mol. The lowest BCUT2D eigenvalue weighted by Gasteiger charge is -2.31. The number of H-pyrrole nitrogens is 1. The van der Waals surface area contributed by atoms with Crippen LogP contribution >= 0.6 is 0 Å². The SMILES string of the molecule is CC(=O)C1(OS(C)(=O)=O)[C@@H](CO)O[C@@H](n2cc(C)c(=O)[nH]c2=O)[C@@H]1O. The van der Waals surface area contributed by atoms with E-state index in [0.29, 0.717) is 6.26 Å². The Balaban J connectivity index is 2.63. The minimum atomic E-state index is -4.23. The third-order valence-electron chi connectivity index (χ3n) is 3.92. The van der Waals surface area contributed by atoms with Crippen molar-refractivity contribution in [1.29, 1.82) is 0 Å². The molecule has 0 radical (unpaired) electrons. The summed E-state index contributed by atoms with van der Waals surface area (Å²) in [5.74, 6) is -0.916. The Morgan fingerprint density at radius 3 is 2.56 bits per heavy atom. The van der Waals surface area contributed by atoms with Gasteiger partial charge in [-0.15, -0.1) is 0 Å². The van der Waals surface area contributed by atoms with E-state index in [1.54, 1.807) is 0 Å². The number of nitrogens with zero attached hydrogens (tertiary/aromatic N) is 1. The van der Waals surface area contributed by atoms with Crippen LogP contribution in [-0.2, 0) is 23.8 Å². The van der Waals surface area contributed by atoms with E-state index in [4.69, 9.17) is 8.92 Å². The van der Waals surface area contributed by atoms with Gasteiger partial charge in [0.05, 0.1) is 12.9 Å². The molecule has 25 heavy (non-hydrogen) atoms. The third kappa shape index (κ3) is 3.30. The average Bonchev–Trinajstić information content (AvgIpc) is 2.75. The maximum atomic E-state index is 12.1. The van der Waals surface area contributed by atoms with Gasteiger partial charge >= 0.3 is 5.69 Å². The van der Waals surface area contributed by atoms with Crippen molar-refractivity contribution in [2.45, 2.75) is 37.9 Å². The molecule has 1 aliphatic rings. The molecule has 1 aliphatic heterocycles. The van der Waals surface area contributed by atoms with Crippen molar-refractivity contribution in [3.05, 3.63) is 32.6 Å². The Morgan fingerprint density at radius 2 is 2.08 bits per heavy atom. The van der Waals surface area contributed by atoms with Gasteiger partial charge in [0.2, 0.25) is 5.60 Å². The van der Waals surface area contributed by atoms with Gasteiger partial charge in [-0.05, 0) is 13.8 Å². The van der Waals surface area contributed by atoms with Crippen LogP contribution in [0.1, 0.15) is 18.7 Å². The first-order valence-electron chi connectivity index (χ1n) is 7.12. The van der Waals surface area contributed by atoms with Crippen LogP contribution in [0.15, 0.2) is 15.8 Å². The summed E-state index contributed by atoms with van der Waals surface area (Å²) in [6.45, 7) is 1.49. The zero-order valence-corrected chi connectivity index (χ0v) is 14.4. The van der Waals surface area contributed by atoms with Crippen LogP contribution in [-0.4, -0.2) is 64.6 Å². The molecule has 12 heteroatoms. The number of carbonyl (C=O) groups is 1. The third-order valence-corrected chi connectivity index (χ3v) is 4.50. The van der Waals surface area contributed by atoms with E-state index in [0.717, 1.165) is 17.7 Å². The molecule has 4 atom stereocenters. The topological polar surface area (TPSA) is 165 Å². The number of aromatic nitrogens is 2. The van der Waals surface area contributed by atoms with Crippen LogP contribution in [0.5, 0.6) is 0 Å². The highest BCUT2D eigenvalue weighted by Gasteiger charge is 2.63.